The van der Waals surface area contributed by atoms with Crippen molar-refractivity contribution in [3.63, 3.8) is 0 Å². The van der Waals surface area contributed by atoms with E-state index in [4.69, 9.17) is 22.7 Å². The van der Waals surface area contributed by atoms with E-state index in [1.165, 1.54) is 0 Å². The number of rotatable bonds is 6. The molecule has 1 rings (SSSR count). The van der Waals surface area contributed by atoms with E-state index in [2.05, 4.69) is 5.32 Å². The summed E-state index contributed by atoms with van der Waals surface area (Å²) in [4.78, 5) is 22.9. The third-order valence-electron chi connectivity index (χ3n) is 2.58. The second-order valence-electron chi connectivity index (χ2n) is 3.76. The monoisotopic (exact) mass is 244 g/mol. The molecule has 1 amide bonds. The normalized spacial score (nSPS) is 16.3. The molecule has 0 atom stereocenters. The summed E-state index contributed by atoms with van der Waals surface area (Å²) in [5.41, 5.74) is 4.84. The molecule has 0 aromatic heterocycles. The molecular formula is C10H16N2O3S. The molecule has 1 saturated carbocycles. The Bertz CT molecular complexity index is 313. The number of carbonyl (C=O) groups is 2. The summed E-state index contributed by atoms with van der Waals surface area (Å²) in [7, 11) is 0. The smallest absolute Gasteiger partial charge is 0.307 e. The van der Waals surface area contributed by atoms with Gasteiger partial charge >= 0.3 is 5.97 Å². The van der Waals surface area contributed by atoms with Gasteiger partial charge in [-0.3, -0.25) is 9.59 Å². The highest BCUT2D eigenvalue weighted by Crippen LogP contribution is 2.46. The lowest BCUT2D eigenvalue weighted by atomic mass is 10.1. The summed E-state index contributed by atoms with van der Waals surface area (Å²) in [6.45, 7) is 2.36. The van der Waals surface area contributed by atoms with Crippen molar-refractivity contribution in [3.8, 4) is 0 Å². The molecule has 0 spiro atoms. The molecule has 0 radical (unpaired) electrons. The second-order valence-corrected chi connectivity index (χ2v) is 4.20. The van der Waals surface area contributed by atoms with Crippen LogP contribution in [-0.4, -0.2) is 30.0 Å². The van der Waals surface area contributed by atoms with Crippen LogP contribution in [0, 0.1) is 5.41 Å². The summed E-state index contributed by atoms with van der Waals surface area (Å²) >= 11 is 4.84. The average molecular weight is 244 g/mol. The van der Waals surface area contributed by atoms with Crippen molar-refractivity contribution >= 4 is 29.1 Å². The predicted molar refractivity (Wildman–Crippen MR) is 62.7 cm³/mol. The van der Waals surface area contributed by atoms with Crippen LogP contribution in [-0.2, 0) is 14.3 Å². The Morgan fingerprint density at radius 3 is 2.56 bits per heavy atom. The molecule has 0 bridgehead atoms. The molecule has 1 aliphatic carbocycles. The van der Waals surface area contributed by atoms with E-state index in [-0.39, 0.29) is 29.8 Å². The van der Waals surface area contributed by atoms with E-state index in [1.54, 1.807) is 6.92 Å². The van der Waals surface area contributed by atoms with Gasteiger partial charge in [0.15, 0.2) is 0 Å². The van der Waals surface area contributed by atoms with Gasteiger partial charge in [0, 0.05) is 6.54 Å². The fourth-order valence-electron chi connectivity index (χ4n) is 1.39. The molecule has 0 aromatic rings. The van der Waals surface area contributed by atoms with E-state index in [9.17, 15) is 9.59 Å². The van der Waals surface area contributed by atoms with Crippen molar-refractivity contribution in [2.24, 2.45) is 11.1 Å². The lowest BCUT2D eigenvalue weighted by molar-refractivity contribution is -0.143. The topological polar surface area (TPSA) is 81.4 Å². The van der Waals surface area contributed by atoms with Gasteiger partial charge in [-0.15, -0.1) is 0 Å². The van der Waals surface area contributed by atoms with Crippen molar-refractivity contribution in [3.05, 3.63) is 0 Å². The lowest BCUT2D eigenvalue weighted by Crippen LogP contribution is -2.40. The Hall–Kier alpha value is -1.17. The fourth-order valence-corrected chi connectivity index (χ4v) is 1.69. The average Bonchev–Trinajstić information content (AvgIpc) is 2.98. The molecule has 16 heavy (non-hydrogen) atoms. The van der Waals surface area contributed by atoms with E-state index in [1.807, 2.05) is 0 Å². The van der Waals surface area contributed by atoms with E-state index >= 15 is 0 Å². The van der Waals surface area contributed by atoms with Gasteiger partial charge in [-0.25, -0.2) is 0 Å². The van der Waals surface area contributed by atoms with Gasteiger partial charge in [-0.1, -0.05) is 12.2 Å². The Kier molecular flexibility index (Phi) is 4.23. The first kappa shape index (κ1) is 12.9. The van der Waals surface area contributed by atoms with Crippen LogP contribution >= 0.6 is 12.2 Å². The van der Waals surface area contributed by atoms with E-state index in [0.29, 0.717) is 19.4 Å². The minimum atomic E-state index is -0.649. The van der Waals surface area contributed by atoms with Crippen LogP contribution in [0.2, 0.25) is 0 Å². The molecule has 0 saturated heterocycles. The highest BCUT2D eigenvalue weighted by molar-refractivity contribution is 7.80. The van der Waals surface area contributed by atoms with Crippen molar-refractivity contribution in [2.75, 3.05) is 13.2 Å². The Labute approximate surface area is 99.7 Å². The van der Waals surface area contributed by atoms with Gasteiger partial charge in [0.05, 0.1) is 23.4 Å². The van der Waals surface area contributed by atoms with Crippen LogP contribution in [0.15, 0.2) is 0 Å². The number of hydrogen-bond acceptors (Lipinski definition) is 4. The zero-order chi connectivity index (χ0) is 12.2. The van der Waals surface area contributed by atoms with Gasteiger partial charge in [-0.2, -0.15) is 0 Å². The number of nitrogens with two attached hydrogens (primary N) is 1. The van der Waals surface area contributed by atoms with Crippen molar-refractivity contribution in [2.45, 2.75) is 26.2 Å². The van der Waals surface area contributed by atoms with Gasteiger partial charge in [0.1, 0.15) is 0 Å². The molecule has 90 valence electrons. The van der Waals surface area contributed by atoms with Crippen molar-refractivity contribution in [1.29, 1.82) is 0 Å². The molecule has 1 aliphatic rings. The molecule has 6 heteroatoms. The summed E-state index contributed by atoms with van der Waals surface area (Å²) in [5, 5.41) is 2.65. The fraction of sp³-hybridized carbons (Fsp3) is 0.700. The lowest BCUT2D eigenvalue weighted by Gasteiger charge is -2.13. The molecule has 5 nitrogen and oxygen atoms in total. The number of thiocarbonyl (C=S) groups is 1. The van der Waals surface area contributed by atoms with Crippen LogP contribution in [0.1, 0.15) is 26.2 Å². The minimum absolute atomic E-state index is 0.174. The summed E-state index contributed by atoms with van der Waals surface area (Å²) in [6.07, 6.45) is 1.58. The SMILES string of the molecule is CCOC(=O)CCNC(=O)C1(C(N)=S)CC1. The Morgan fingerprint density at radius 2 is 2.12 bits per heavy atom. The minimum Gasteiger partial charge on any atom is -0.466 e. The van der Waals surface area contributed by atoms with Crippen LogP contribution < -0.4 is 11.1 Å². The number of amides is 1. The number of ether oxygens (including phenoxy) is 1. The molecule has 0 unspecified atom stereocenters. The second kappa shape index (κ2) is 5.25. The maximum Gasteiger partial charge on any atom is 0.307 e. The third kappa shape index (κ3) is 2.91. The predicted octanol–water partition coefficient (Wildman–Crippen LogP) is 0.122. The molecule has 0 aromatic carbocycles. The first-order chi connectivity index (χ1) is 7.53. The highest BCUT2D eigenvalue weighted by atomic mass is 32.1. The first-order valence-electron chi connectivity index (χ1n) is 5.27. The maximum atomic E-state index is 11.7. The van der Waals surface area contributed by atoms with Crippen molar-refractivity contribution in [1.82, 2.24) is 5.32 Å². The van der Waals surface area contributed by atoms with Gasteiger partial charge in [0.25, 0.3) is 0 Å². The number of carbonyl (C=O) groups excluding carboxylic acids is 2. The molecule has 0 aliphatic heterocycles. The summed E-state index contributed by atoms with van der Waals surface area (Å²) in [5.74, 6) is -0.493. The van der Waals surface area contributed by atoms with E-state index in [0.717, 1.165) is 0 Å². The summed E-state index contributed by atoms with van der Waals surface area (Å²) in [6, 6.07) is 0. The zero-order valence-electron chi connectivity index (χ0n) is 9.25. The largest absolute Gasteiger partial charge is 0.466 e. The number of hydrogen-bond donors (Lipinski definition) is 2. The van der Waals surface area contributed by atoms with Crippen LogP contribution in [0.5, 0.6) is 0 Å². The highest BCUT2D eigenvalue weighted by Gasteiger charge is 2.52. The van der Waals surface area contributed by atoms with Crippen LogP contribution in [0.25, 0.3) is 0 Å². The maximum absolute atomic E-state index is 11.7. The van der Waals surface area contributed by atoms with Crippen LogP contribution in [0.3, 0.4) is 0 Å². The molecule has 0 heterocycles. The van der Waals surface area contributed by atoms with E-state index < -0.39 is 5.41 Å². The molecular weight excluding hydrogens is 228 g/mol. The first-order valence-corrected chi connectivity index (χ1v) is 5.67. The zero-order valence-corrected chi connectivity index (χ0v) is 10.1. The Balaban J connectivity index is 2.26. The molecule has 1 fully saturated rings. The van der Waals surface area contributed by atoms with Gasteiger partial charge in [0.2, 0.25) is 5.91 Å². The number of esters is 1. The van der Waals surface area contributed by atoms with Gasteiger partial charge in [-0.05, 0) is 19.8 Å². The van der Waals surface area contributed by atoms with Crippen molar-refractivity contribution < 1.29 is 14.3 Å². The molecule has 3 N–H and O–H groups in total. The van der Waals surface area contributed by atoms with Crippen LogP contribution in [0.4, 0.5) is 0 Å². The number of nitrogens with one attached hydrogen (secondary N) is 1. The van der Waals surface area contributed by atoms with Gasteiger partial charge < -0.3 is 15.8 Å². The quantitative estimate of drug-likeness (QED) is 0.512. The third-order valence-corrected chi connectivity index (χ3v) is 2.97. The summed E-state index contributed by atoms with van der Waals surface area (Å²) < 4.78 is 4.73. The Morgan fingerprint density at radius 1 is 1.50 bits per heavy atom. The standard InChI is InChI=1S/C10H16N2O3S/c1-2-15-7(13)3-6-12-9(14)10(4-5-10)8(11)16/h2-6H2,1H3,(H2,11,16)(H,12,14).